The second kappa shape index (κ2) is 6.83. The Morgan fingerprint density at radius 3 is 2.40 bits per heavy atom. The fraction of sp³-hybridized carbons (Fsp3) is 0.500. The van der Waals surface area contributed by atoms with Crippen LogP contribution in [0.4, 0.5) is 0 Å². The summed E-state index contributed by atoms with van der Waals surface area (Å²) in [4.78, 5) is 14.3. The molecule has 1 saturated heterocycles. The number of hydrogen-bond acceptors (Lipinski definition) is 3. The molecule has 0 aromatic heterocycles. The summed E-state index contributed by atoms with van der Waals surface area (Å²) >= 11 is 6.57. The Labute approximate surface area is 183 Å². The van der Waals surface area contributed by atoms with Gasteiger partial charge in [-0.25, -0.2) is 0 Å². The lowest BCUT2D eigenvalue weighted by Gasteiger charge is -2.60. The lowest BCUT2D eigenvalue weighted by molar-refractivity contribution is -0.167. The van der Waals surface area contributed by atoms with Crippen molar-refractivity contribution in [2.24, 2.45) is 11.3 Å². The molecule has 1 unspecified atom stereocenters. The normalized spacial score (nSPS) is 24.9. The van der Waals surface area contributed by atoms with E-state index in [1.165, 1.54) is 54.2 Å². The van der Waals surface area contributed by atoms with Crippen molar-refractivity contribution in [3.8, 4) is 11.1 Å². The molecule has 1 aliphatic heterocycles. The molecule has 4 aliphatic rings. The van der Waals surface area contributed by atoms with Crippen molar-refractivity contribution in [1.29, 1.82) is 0 Å². The van der Waals surface area contributed by atoms with Crippen LogP contribution in [0.15, 0.2) is 36.4 Å². The van der Waals surface area contributed by atoms with Gasteiger partial charge >= 0.3 is 5.97 Å². The fourth-order valence-electron chi connectivity index (χ4n) is 6.20. The Hall–Kier alpha value is -1.84. The van der Waals surface area contributed by atoms with E-state index in [0.29, 0.717) is 17.4 Å². The van der Waals surface area contributed by atoms with Crippen LogP contribution in [0.5, 0.6) is 0 Å². The molecule has 0 N–H and O–H groups in total. The minimum absolute atomic E-state index is 0.0249. The van der Waals surface area contributed by atoms with Crippen molar-refractivity contribution in [2.45, 2.75) is 50.5 Å². The van der Waals surface area contributed by atoms with Gasteiger partial charge in [0.1, 0.15) is 0 Å². The minimum Gasteiger partial charge on any atom is -0.469 e. The second-order valence-corrected chi connectivity index (χ2v) is 10.4. The Bertz CT molecular complexity index is 1010. The van der Waals surface area contributed by atoms with Crippen LogP contribution in [0.3, 0.4) is 0 Å². The largest absolute Gasteiger partial charge is 0.469 e. The van der Waals surface area contributed by atoms with E-state index in [1.54, 1.807) is 0 Å². The van der Waals surface area contributed by atoms with Crippen LogP contribution in [0, 0.1) is 11.3 Å². The topological polar surface area (TPSA) is 29.5 Å². The van der Waals surface area contributed by atoms with Gasteiger partial charge in [0.05, 0.1) is 13.0 Å². The standard InChI is InChI=1S/C26H28ClNO2/c1-30-25(29)20-12-26(13-20)14-28(15-26)24-9-6-19-10-17(5-8-22(19)24)18-4-7-21(16-2-3-16)23(27)11-18/h4-5,7-8,10-11,16,20,24H,2-3,6,9,12-15H2,1H3. The molecule has 2 aromatic rings. The third-order valence-corrected chi connectivity index (χ3v) is 8.28. The zero-order valence-corrected chi connectivity index (χ0v) is 18.3. The molecule has 1 spiro atoms. The van der Waals surface area contributed by atoms with E-state index in [9.17, 15) is 4.79 Å². The smallest absolute Gasteiger partial charge is 0.308 e. The van der Waals surface area contributed by atoms with Crippen LogP contribution in [-0.4, -0.2) is 31.1 Å². The van der Waals surface area contributed by atoms with E-state index >= 15 is 0 Å². The van der Waals surface area contributed by atoms with Crippen LogP contribution in [0.2, 0.25) is 5.02 Å². The highest BCUT2D eigenvalue weighted by Gasteiger charge is 2.56. The van der Waals surface area contributed by atoms with Gasteiger partial charge in [0.2, 0.25) is 0 Å². The quantitative estimate of drug-likeness (QED) is 0.588. The van der Waals surface area contributed by atoms with Gasteiger partial charge in [0.25, 0.3) is 0 Å². The molecular formula is C26H28ClNO2. The minimum atomic E-state index is -0.0249. The van der Waals surface area contributed by atoms with Crippen LogP contribution < -0.4 is 0 Å². The van der Waals surface area contributed by atoms with Gasteiger partial charge in [-0.1, -0.05) is 41.9 Å². The maximum Gasteiger partial charge on any atom is 0.308 e. The van der Waals surface area contributed by atoms with Gasteiger partial charge in [-0.05, 0) is 83.7 Å². The molecule has 3 aliphatic carbocycles. The van der Waals surface area contributed by atoms with Crippen molar-refractivity contribution >= 4 is 17.6 Å². The molecule has 2 saturated carbocycles. The average Bonchev–Trinajstić information content (AvgIpc) is 3.45. The molecule has 1 heterocycles. The summed E-state index contributed by atoms with van der Waals surface area (Å²) < 4.78 is 4.90. The molecule has 156 valence electrons. The number of carbonyl (C=O) groups excluding carboxylic acids is 1. The summed E-state index contributed by atoms with van der Waals surface area (Å²) in [6.07, 6.45) is 6.92. The van der Waals surface area contributed by atoms with Crippen LogP contribution in [0.25, 0.3) is 11.1 Å². The maximum absolute atomic E-state index is 11.7. The second-order valence-electron chi connectivity index (χ2n) is 10.0. The molecule has 4 heteroatoms. The summed E-state index contributed by atoms with van der Waals surface area (Å²) in [5, 5.41) is 0.921. The molecule has 0 amide bonds. The third kappa shape index (κ3) is 3.01. The molecule has 3 fully saturated rings. The number of esters is 1. The van der Waals surface area contributed by atoms with Gasteiger partial charge in [0.15, 0.2) is 0 Å². The first-order valence-electron chi connectivity index (χ1n) is 11.3. The van der Waals surface area contributed by atoms with Gasteiger partial charge in [-0.15, -0.1) is 0 Å². The van der Waals surface area contributed by atoms with Gasteiger partial charge in [0, 0.05) is 24.2 Å². The van der Waals surface area contributed by atoms with Crippen LogP contribution >= 0.6 is 11.6 Å². The number of ether oxygens (including phenoxy) is 1. The predicted octanol–water partition coefficient (Wildman–Crippen LogP) is 5.76. The number of rotatable bonds is 4. The molecule has 0 radical (unpaired) electrons. The number of halogens is 1. The van der Waals surface area contributed by atoms with E-state index in [0.717, 1.165) is 37.4 Å². The Kier molecular flexibility index (Phi) is 4.30. The van der Waals surface area contributed by atoms with Crippen molar-refractivity contribution in [2.75, 3.05) is 20.2 Å². The number of aryl methyl sites for hydroxylation is 1. The third-order valence-electron chi connectivity index (χ3n) is 7.95. The first kappa shape index (κ1) is 18.9. The molecule has 0 bridgehead atoms. The van der Waals surface area contributed by atoms with E-state index in [-0.39, 0.29) is 11.9 Å². The molecule has 30 heavy (non-hydrogen) atoms. The summed E-state index contributed by atoms with van der Waals surface area (Å²) in [7, 11) is 1.50. The maximum atomic E-state index is 11.7. The average molecular weight is 422 g/mol. The highest BCUT2D eigenvalue weighted by atomic mass is 35.5. The zero-order chi connectivity index (χ0) is 20.5. The fourth-order valence-corrected chi connectivity index (χ4v) is 6.53. The molecule has 3 nitrogen and oxygen atoms in total. The predicted molar refractivity (Wildman–Crippen MR) is 119 cm³/mol. The number of likely N-dealkylation sites (tertiary alicyclic amines) is 1. The number of fused-ring (bicyclic) bond motifs is 1. The highest BCUT2D eigenvalue weighted by molar-refractivity contribution is 6.31. The number of hydrogen-bond donors (Lipinski definition) is 0. The highest BCUT2D eigenvalue weighted by Crippen LogP contribution is 2.55. The summed E-state index contributed by atoms with van der Waals surface area (Å²) in [6, 6.07) is 14.1. The van der Waals surface area contributed by atoms with Gasteiger partial charge in [-0.2, -0.15) is 0 Å². The molecule has 2 aromatic carbocycles. The molecule has 1 atom stereocenters. The first-order chi connectivity index (χ1) is 14.5. The zero-order valence-electron chi connectivity index (χ0n) is 17.5. The Morgan fingerprint density at radius 1 is 1.03 bits per heavy atom. The summed E-state index contributed by atoms with van der Waals surface area (Å²) in [5.41, 5.74) is 7.18. The lowest BCUT2D eigenvalue weighted by Crippen LogP contribution is -2.63. The molecule has 6 rings (SSSR count). The summed E-state index contributed by atoms with van der Waals surface area (Å²) in [5.74, 6) is 0.794. The van der Waals surface area contributed by atoms with Crippen molar-refractivity contribution < 1.29 is 9.53 Å². The number of nitrogens with zero attached hydrogens (tertiary/aromatic N) is 1. The van der Waals surface area contributed by atoms with Crippen LogP contribution in [0.1, 0.15) is 60.8 Å². The van der Waals surface area contributed by atoms with Gasteiger partial charge in [-0.3, -0.25) is 9.69 Å². The van der Waals surface area contributed by atoms with E-state index in [4.69, 9.17) is 16.3 Å². The number of methoxy groups -OCH3 is 1. The summed E-state index contributed by atoms with van der Waals surface area (Å²) in [6.45, 7) is 2.26. The van der Waals surface area contributed by atoms with E-state index in [2.05, 4.69) is 41.3 Å². The van der Waals surface area contributed by atoms with Crippen molar-refractivity contribution in [3.63, 3.8) is 0 Å². The Balaban J connectivity index is 1.15. The monoisotopic (exact) mass is 421 g/mol. The van der Waals surface area contributed by atoms with Crippen molar-refractivity contribution in [1.82, 2.24) is 4.90 Å². The molecular weight excluding hydrogens is 394 g/mol. The SMILES string of the molecule is COC(=O)C1CC2(C1)CN(C1CCc3cc(-c4ccc(C5CC5)c(Cl)c4)ccc31)C2. The first-order valence-corrected chi connectivity index (χ1v) is 11.7. The number of benzene rings is 2. The van der Waals surface area contributed by atoms with Gasteiger partial charge < -0.3 is 4.74 Å². The number of carbonyl (C=O) groups is 1. The lowest BCUT2D eigenvalue weighted by atomic mass is 9.57. The van der Waals surface area contributed by atoms with E-state index < -0.39 is 0 Å². The van der Waals surface area contributed by atoms with Crippen LogP contribution in [-0.2, 0) is 16.0 Å². The van der Waals surface area contributed by atoms with Crippen molar-refractivity contribution in [3.05, 3.63) is 58.1 Å². The van der Waals surface area contributed by atoms with E-state index in [1.807, 2.05) is 0 Å². The Morgan fingerprint density at radius 2 is 1.73 bits per heavy atom.